The molecule has 1 saturated carbocycles. The van der Waals surface area contributed by atoms with Crippen molar-refractivity contribution in [3.63, 3.8) is 0 Å². The standard InChI is InChI=1S/C20H34N4O3S.HI/c1-6-27-18(25)16-14(2)23-17(28-16)15(3)24-19(21-4)22-13-20(11-12-26-5)9-7-8-10-20;/h15H,6-13H2,1-5H3,(H2,21,22,24);1H. The number of carbonyl (C=O) groups is 1. The van der Waals surface area contributed by atoms with E-state index in [4.69, 9.17) is 9.47 Å². The second-order valence-corrected chi connectivity index (χ2v) is 8.46. The minimum Gasteiger partial charge on any atom is -0.462 e. The fourth-order valence-electron chi connectivity index (χ4n) is 3.68. The molecule has 0 radical (unpaired) electrons. The first-order chi connectivity index (χ1) is 13.4. The molecular weight excluding hydrogens is 503 g/mol. The van der Waals surface area contributed by atoms with Crippen molar-refractivity contribution in [2.45, 2.75) is 58.9 Å². The summed E-state index contributed by atoms with van der Waals surface area (Å²) in [5.74, 6) is 0.446. The Morgan fingerprint density at radius 1 is 1.38 bits per heavy atom. The number of nitrogens with one attached hydrogen (secondary N) is 2. The maximum absolute atomic E-state index is 12.0. The Bertz CT molecular complexity index is 675. The van der Waals surface area contributed by atoms with Crippen LogP contribution in [0.25, 0.3) is 0 Å². The lowest BCUT2D eigenvalue weighted by Crippen LogP contribution is -2.44. The van der Waals surface area contributed by atoms with Crippen molar-refractivity contribution in [3.05, 3.63) is 15.6 Å². The van der Waals surface area contributed by atoms with E-state index in [0.717, 1.165) is 30.5 Å². The minimum atomic E-state index is -0.306. The van der Waals surface area contributed by atoms with Crippen LogP contribution in [0.4, 0.5) is 0 Å². The number of rotatable bonds is 9. The van der Waals surface area contributed by atoms with Gasteiger partial charge in [0.15, 0.2) is 5.96 Å². The van der Waals surface area contributed by atoms with Crippen molar-refractivity contribution < 1.29 is 14.3 Å². The molecule has 0 spiro atoms. The average Bonchev–Trinajstić information content (AvgIpc) is 3.31. The molecule has 1 aliphatic rings. The third kappa shape index (κ3) is 7.36. The molecule has 0 aliphatic heterocycles. The number of carbonyl (C=O) groups excluding carboxylic acids is 1. The summed E-state index contributed by atoms with van der Waals surface area (Å²) in [7, 11) is 3.54. The van der Waals surface area contributed by atoms with E-state index in [1.54, 1.807) is 21.1 Å². The Hall–Kier alpha value is -0.940. The zero-order valence-electron chi connectivity index (χ0n) is 18.2. The molecule has 9 heteroatoms. The number of aromatic nitrogens is 1. The van der Waals surface area contributed by atoms with Crippen LogP contribution in [0.2, 0.25) is 0 Å². The first-order valence-corrected chi connectivity index (χ1v) is 10.9. The summed E-state index contributed by atoms with van der Waals surface area (Å²) in [5, 5.41) is 7.74. The third-order valence-corrected chi connectivity index (χ3v) is 6.67. The van der Waals surface area contributed by atoms with E-state index >= 15 is 0 Å². The van der Waals surface area contributed by atoms with Crippen LogP contribution < -0.4 is 10.6 Å². The molecule has 0 saturated heterocycles. The maximum atomic E-state index is 12.0. The molecule has 1 unspecified atom stereocenters. The van der Waals surface area contributed by atoms with Crippen molar-refractivity contribution in [3.8, 4) is 0 Å². The maximum Gasteiger partial charge on any atom is 0.350 e. The first-order valence-electron chi connectivity index (χ1n) is 10.0. The summed E-state index contributed by atoms with van der Waals surface area (Å²) >= 11 is 1.37. The van der Waals surface area contributed by atoms with Gasteiger partial charge in [-0.3, -0.25) is 4.99 Å². The number of ether oxygens (including phenoxy) is 2. The number of nitrogens with zero attached hydrogens (tertiary/aromatic N) is 2. The lowest BCUT2D eigenvalue weighted by atomic mass is 9.83. The van der Waals surface area contributed by atoms with E-state index in [1.807, 2.05) is 13.8 Å². The highest BCUT2D eigenvalue weighted by molar-refractivity contribution is 14.0. The Morgan fingerprint density at radius 2 is 2.07 bits per heavy atom. The van der Waals surface area contributed by atoms with Crippen LogP contribution in [0, 0.1) is 12.3 Å². The molecule has 0 bridgehead atoms. The molecule has 29 heavy (non-hydrogen) atoms. The Morgan fingerprint density at radius 3 is 2.66 bits per heavy atom. The largest absolute Gasteiger partial charge is 0.462 e. The highest BCUT2D eigenvalue weighted by Crippen LogP contribution is 2.40. The third-order valence-electron chi connectivity index (χ3n) is 5.35. The van der Waals surface area contributed by atoms with Crippen LogP contribution in [0.5, 0.6) is 0 Å². The van der Waals surface area contributed by atoms with Crippen LogP contribution in [0.3, 0.4) is 0 Å². The summed E-state index contributed by atoms with van der Waals surface area (Å²) in [6.07, 6.45) is 6.08. The highest BCUT2D eigenvalue weighted by Gasteiger charge is 2.33. The van der Waals surface area contributed by atoms with Crippen LogP contribution in [0.1, 0.15) is 72.4 Å². The second kappa shape index (κ2) is 12.7. The lowest BCUT2D eigenvalue weighted by molar-refractivity contribution is 0.0531. The topological polar surface area (TPSA) is 84.8 Å². The molecule has 2 rings (SSSR count). The van der Waals surface area contributed by atoms with Gasteiger partial charge in [-0.15, -0.1) is 35.3 Å². The van der Waals surface area contributed by atoms with E-state index in [9.17, 15) is 4.79 Å². The van der Waals surface area contributed by atoms with E-state index in [0.29, 0.717) is 17.2 Å². The van der Waals surface area contributed by atoms with Crippen LogP contribution >= 0.6 is 35.3 Å². The molecule has 1 heterocycles. The van der Waals surface area contributed by atoms with Gasteiger partial charge in [0.25, 0.3) is 0 Å². The monoisotopic (exact) mass is 538 g/mol. The second-order valence-electron chi connectivity index (χ2n) is 7.43. The van der Waals surface area contributed by atoms with E-state index in [-0.39, 0.29) is 41.4 Å². The van der Waals surface area contributed by atoms with Gasteiger partial charge in [0.05, 0.1) is 18.3 Å². The van der Waals surface area contributed by atoms with Gasteiger partial charge in [0.2, 0.25) is 0 Å². The normalized spacial score (nSPS) is 16.8. The number of methoxy groups -OCH3 is 1. The van der Waals surface area contributed by atoms with Crippen molar-refractivity contribution in [1.29, 1.82) is 0 Å². The highest BCUT2D eigenvalue weighted by atomic mass is 127. The van der Waals surface area contributed by atoms with Gasteiger partial charge in [-0.25, -0.2) is 9.78 Å². The number of thiazole rings is 1. The summed E-state index contributed by atoms with van der Waals surface area (Å²) < 4.78 is 10.4. The lowest BCUT2D eigenvalue weighted by Gasteiger charge is -2.30. The van der Waals surface area contributed by atoms with Gasteiger partial charge in [0.1, 0.15) is 9.88 Å². The number of hydrogen-bond acceptors (Lipinski definition) is 6. The van der Waals surface area contributed by atoms with Gasteiger partial charge in [-0.05, 0) is 45.4 Å². The molecule has 2 N–H and O–H groups in total. The predicted molar refractivity (Wildman–Crippen MR) is 129 cm³/mol. The van der Waals surface area contributed by atoms with Crippen molar-refractivity contribution in [1.82, 2.24) is 15.6 Å². The van der Waals surface area contributed by atoms with Gasteiger partial charge in [-0.1, -0.05) is 12.8 Å². The van der Waals surface area contributed by atoms with Crippen molar-refractivity contribution >= 4 is 47.2 Å². The molecule has 1 atom stereocenters. The number of esters is 1. The van der Waals surface area contributed by atoms with Crippen LogP contribution in [0.15, 0.2) is 4.99 Å². The summed E-state index contributed by atoms with van der Waals surface area (Å²) in [6.45, 7) is 7.70. The number of hydrogen-bond donors (Lipinski definition) is 2. The quantitative estimate of drug-likeness (QED) is 0.214. The molecule has 1 fully saturated rings. The summed E-state index contributed by atoms with van der Waals surface area (Å²) in [4.78, 5) is 21.5. The van der Waals surface area contributed by atoms with Crippen LogP contribution in [-0.4, -0.2) is 50.8 Å². The Kier molecular flexibility index (Phi) is 11.4. The number of aryl methyl sites for hydroxylation is 1. The molecule has 1 aromatic heterocycles. The number of guanidine groups is 1. The average molecular weight is 538 g/mol. The van der Waals surface area contributed by atoms with Gasteiger partial charge >= 0.3 is 5.97 Å². The molecular formula is C20H35IN4O3S. The van der Waals surface area contributed by atoms with Crippen molar-refractivity contribution in [2.24, 2.45) is 10.4 Å². The Labute approximate surface area is 195 Å². The fourth-order valence-corrected chi connectivity index (χ4v) is 4.64. The SMILES string of the molecule is CCOC(=O)c1sc(C(C)NC(=NC)NCC2(CCOC)CCCC2)nc1C.I. The van der Waals surface area contributed by atoms with Gasteiger partial charge < -0.3 is 20.1 Å². The predicted octanol–water partition coefficient (Wildman–Crippen LogP) is 4.07. The minimum absolute atomic E-state index is 0. The van der Waals surface area contributed by atoms with Gasteiger partial charge in [-0.2, -0.15) is 0 Å². The zero-order chi connectivity index (χ0) is 20.6. The molecule has 1 aromatic rings. The van der Waals surface area contributed by atoms with E-state index in [1.165, 1.54) is 37.0 Å². The van der Waals surface area contributed by atoms with E-state index < -0.39 is 0 Å². The molecule has 0 aromatic carbocycles. The zero-order valence-corrected chi connectivity index (χ0v) is 21.3. The number of aliphatic imine (C=N–C) groups is 1. The van der Waals surface area contributed by atoms with Gasteiger partial charge in [0, 0.05) is 27.3 Å². The van der Waals surface area contributed by atoms with Crippen LogP contribution in [-0.2, 0) is 9.47 Å². The van der Waals surface area contributed by atoms with Crippen molar-refractivity contribution in [2.75, 3.05) is 33.9 Å². The molecule has 166 valence electrons. The summed E-state index contributed by atoms with van der Waals surface area (Å²) in [6, 6.07) is -0.0587. The smallest absolute Gasteiger partial charge is 0.350 e. The molecule has 7 nitrogen and oxygen atoms in total. The number of halogens is 1. The molecule has 0 amide bonds. The Balaban J connectivity index is 0.00000420. The van der Waals surface area contributed by atoms with E-state index in [2.05, 4.69) is 20.6 Å². The molecule has 1 aliphatic carbocycles. The fraction of sp³-hybridized carbons (Fsp3) is 0.750. The first kappa shape index (κ1) is 26.1. The summed E-state index contributed by atoms with van der Waals surface area (Å²) in [5.41, 5.74) is 0.991.